The van der Waals surface area contributed by atoms with E-state index in [-0.39, 0.29) is 24.4 Å². The highest BCUT2D eigenvalue weighted by Crippen LogP contribution is 2.21. The summed E-state index contributed by atoms with van der Waals surface area (Å²) in [4.78, 5) is 26.6. The van der Waals surface area contributed by atoms with Crippen LogP contribution in [0, 0.1) is 0 Å². The van der Waals surface area contributed by atoms with Gasteiger partial charge >= 0.3 is 5.76 Å². The van der Waals surface area contributed by atoms with E-state index >= 15 is 0 Å². The predicted octanol–water partition coefficient (Wildman–Crippen LogP) is 1.20. The number of ether oxygens (including phenoxy) is 1. The molecular formula is C14H17N3O4S. The second-order valence-corrected chi connectivity index (χ2v) is 6.00. The molecule has 118 valence electrons. The van der Waals surface area contributed by atoms with Crippen LogP contribution in [0.5, 0.6) is 0 Å². The molecule has 0 bridgehead atoms. The normalized spacial score (nSPS) is 18.6. The topological polar surface area (TPSA) is 77.6 Å². The van der Waals surface area contributed by atoms with Crippen molar-refractivity contribution in [2.45, 2.75) is 26.0 Å². The van der Waals surface area contributed by atoms with Gasteiger partial charge in [-0.25, -0.2) is 4.79 Å². The molecule has 2 aromatic rings. The first-order valence-electron chi connectivity index (χ1n) is 7.18. The molecule has 1 aliphatic rings. The Balaban J connectivity index is 1.70. The number of carbonyl (C=O) groups is 1. The van der Waals surface area contributed by atoms with Crippen LogP contribution in [0.1, 0.15) is 13.3 Å². The van der Waals surface area contributed by atoms with Gasteiger partial charge in [-0.2, -0.15) is 4.68 Å². The van der Waals surface area contributed by atoms with Crippen molar-refractivity contribution in [3.05, 3.63) is 28.1 Å². The third-order valence-corrected chi connectivity index (χ3v) is 4.43. The Bertz CT molecular complexity index is 691. The molecule has 1 amide bonds. The van der Waals surface area contributed by atoms with Gasteiger partial charge in [-0.3, -0.25) is 4.79 Å². The van der Waals surface area contributed by atoms with Gasteiger partial charge < -0.3 is 14.1 Å². The zero-order valence-corrected chi connectivity index (χ0v) is 13.0. The van der Waals surface area contributed by atoms with Crippen LogP contribution >= 0.6 is 11.3 Å². The van der Waals surface area contributed by atoms with Crippen molar-refractivity contribution in [1.82, 2.24) is 14.7 Å². The first kappa shape index (κ1) is 15.0. The number of carbonyl (C=O) groups excluding carboxylic acids is 1. The van der Waals surface area contributed by atoms with E-state index in [1.165, 1.54) is 11.3 Å². The number of thiophene rings is 1. The average molecular weight is 323 g/mol. The monoisotopic (exact) mass is 323 g/mol. The largest absolute Gasteiger partial charge is 0.437 e. The van der Waals surface area contributed by atoms with Crippen LogP contribution in [0.3, 0.4) is 0 Å². The summed E-state index contributed by atoms with van der Waals surface area (Å²) >= 11 is 1.43. The maximum absolute atomic E-state index is 12.3. The maximum Gasteiger partial charge on any atom is 0.437 e. The number of aromatic nitrogens is 2. The standard InChI is InChI=1S/C14H17N3O4S/c1-2-10-8-16(5-6-20-10)12(18)9-17-14(19)21-13(15-17)11-4-3-7-22-11/h3-4,7,10H,2,5-6,8-9H2,1H3/t10-/m0/s1. The van der Waals surface area contributed by atoms with E-state index in [9.17, 15) is 9.59 Å². The molecule has 0 spiro atoms. The summed E-state index contributed by atoms with van der Waals surface area (Å²) in [5.41, 5.74) is 0. The minimum absolute atomic E-state index is 0.0633. The fourth-order valence-corrected chi connectivity index (χ4v) is 2.97. The van der Waals surface area contributed by atoms with E-state index in [1.807, 2.05) is 24.4 Å². The molecular weight excluding hydrogens is 306 g/mol. The predicted molar refractivity (Wildman–Crippen MR) is 80.7 cm³/mol. The molecule has 1 saturated heterocycles. The smallest absolute Gasteiger partial charge is 0.387 e. The first-order chi connectivity index (χ1) is 10.7. The molecule has 0 unspecified atom stereocenters. The number of morpholine rings is 1. The third kappa shape index (κ3) is 3.12. The van der Waals surface area contributed by atoms with Crippen molar-refractivity contribution < 1.29 is 13.9 Å². The van der Waals surface area contributed by atoms with Crippen molar-refractivity contribution in [3.8, 4) is 10.8 Å². The summed E-state index contributed by atoms with van der Waals surface area (Å²) in [6.45, 7) is 3.54. The Kier molecular flexibility index (Phi) is 4.39. The molecule has 8 heteroatoms. The van der Waals surface area contributed by atoms with Crippen LogP contribution in [0.15, 0.2) is 26.7 Å². The van der Waals surface area contributed by atoms with E-state index in [2.05, 4.69) is 5.10 Å². The Labute approximate surface area is 131 Å². The van der Waals surface area contributed by atoms with E-state index in [1.54, 1.807) is 4.90 Å². The summed E-state index contributed by atoms with van der Waals surface area (Å²) in [6, 6.07) is 3.67. The SMILES string of the molecule is CC[C@H]1CN(C(=O)Cn2nc(-c3cccs3)oc2=O)CCO1. The second kappa shape index (κ2) is 6.45. The van der Waals surface area contributed by atoms with Gasteiger partial charge in [-0.1, -0.05) is 13.0 Å². The zero-order chi connectivity index (χ0) is 15.5. The molecule has 3 heterocycles. The first-order valence-corrected chi connectivity index (χ1v) is 8.06. The Hall–Kier alpha value is -1.93. The van der Waals surface area contributed by atoms with Crippen LogP contribution in [0.25, 0.3) is 10.8 Å². The molecule has 1 aliphatic heterocycles. The lowest BCUT2D eigenvalue weighted by molar-refractivity contribution is -0.139. The Morgan fingerprint density at radius 1 is 1.55 bits per heavy atom. The summed E-state index contributed by atoms with van der Waals surface area (Å²) in [6.07, 6.45) is 0.921. The summed E-state index contributed by atoms with van der Waals surface area (Å²) in [5, 5.41) is 5.97. The highest BCUT2D eigenvalue weighted by molar-refractivity contribution is 7.13. The summed E-state index contributed by atoms with van der Waals surface area (Å²) in [7, 11) is 0. The van der Waals surface area contributed by atoms with Gasteiger partial charge in [-0.05, 0) is 17.9 Å². The third-order valence-electron chi connectivity index (χ3n) is 3.57. The van der Waals surface area contributed by atoms with Crippen LogP contribution in [0.2, 0.25) is 0 Å². The van der Waals surface area contributed by atoms with Gasteiger partial charge in [0, 0.05) is 13.1 Å². The van der Waals surface area contributed by atoms with Crippen molar-refractivity contribution in [3.63, 3.8) is 0 Å². The minimum Gasteiger partial charge on any atom is -0.387 e. The number of hydrogen-bond donors (Lipinski definition) is 0. The van der Waals surface area contributed by atoms with Crippen molar-refractivity contribution in [1.29, 1.82) is 0 Å². The Morgan fingerprint density at radius 2 is 2.41 bits per heavy atom. The molecule has 0 aliphatic carbocycles. The van der Waals surface area contributed by atoms with Crippen molar-refractivity contribution in [2.24, 2.45) is 0 Å². The van der Waals surface area contributed by atoms with Crippen LogP contribution in [-0.4, -0.2) is 46.4 Å². The highest BCUT2D eigenvalue weighted by Gasteiger charge is 2.24. The van der Waals surface area contributed by atoms with E-state index in [0.717, 1.165) is 16.0 Å². The fraction of sp³-hybridized carbons (Fsp3) is 0.500. The molecule has 1 fully saturated rings. The van der Waals surface area contributed by atoms with Gasteiger partial charge in [0.05, 0.1) is 17.6 Å². The lowest BCUT2D eigenvalue weighted by Crippen LogP contribution is -2.47. The molecule has 1 atom stereocenters. The molecule has 0 aromatic carbocycles. The summed E-state index contributed by atoms with van der Waals surface area (Å²) in [5.74, 6) is -0.506. The minimum atomic E-state index is -0.614. The van der Waals surface area contributed by atoms with Crippen molar-refractivity contribution >= 4 is 17.2 Å². The van der Waals surface area contributed by atoms with E-state index in [4.69, 9.17) is 9.15 Å². The van der Waals surface area contributed by atoms with Gasteiger partial charge in [0.15, 0.2) is 0 Å². The lowest BCUT2D eigenvalue weighted by atomic mass is 10.2. The Morgan fingerprint density at radius 3 is 3.14 bits per heavy atom. The second-order valence-electron chi connectivity index (χ2n) is 5.05. The van der Waals surface area contributed by atoms with Crippen LogP contribution in [0.4, 0.5) is 0 Å². The lowest BCUT2D eigenvalue weighted by Gasteiger charge is -2.32. The number of hydrogen-bond acceptors (Lipinski definition) is 6. The fourth-order valence-electron chi connectivity index (χ4n) is 2.33. The van der Waals surface area contributed by atoms with E-state index < -0.39 is 5.76 Å². The highest BCUT2D eigenvalue weighted by atomic mass is 32.1. The maximum atomic E-state index is 12.3. The average Bonchev–Trinajstić information content (AvgIpc) is 3.18. The summed E-state index contributed by atoms with van der Waals surface area (Å²) < 4.78 is 11.7. The quantitative estimate of drug-likeness (QED) is 0.845. The molecule has 0 saturated carbocycles. The molecule has 7 nitrogen and oxygen atoms in total. The van der Waals surface area contributed by atoms with Crippen molar-refractivity contribution in [2.75, 3.05) is 19.7 Å². The molecule has 22 heavy (non-hydrogen) atoms. The van der Waals surface area contributed by atoms with Gasteiger partial charge in [-0.15, -0.1) is 16.4 Å². The number of nitrogens with zero attached hydrogens (tertiary/aromatic N) is 3. The van der Waals surface area contributed by atoms with Crippen LogP contribution < -0.4 is 5.76 Å². The molecule has 0 radical (unpaired) electrons. The van der Waals surface area contributed by atoms with Gasteiger partial charge in [0.2, 0.25) is 5.91 Å². The van der Waals surface area contributed by atoms with Crippen LogP contribution in [-0.2, 0) is 16.1 Å². The molecule has 3 rings (SSSR count). The van der Waals surface area contributed by atoms with Gasteiger partial charge in [0.1, 0.15) is 6.54 Å². The molecule has 2 aromatic heterocycles. The van der Waals surface area contributed by atoms with Gasteiger partial charge in [0.25, 0.3) is 5.89 Å². The molecule has 0 N–H and O–H groups in total. The zero-order valence-electron chi connectivity index (χ0n) is 12.2. The van der Waals surface area contributed by atoms with E-state index in [0.29, 0.717) is 19.7 Å². The number of rotatable bonds is 4. The number of amides is 1.